The highest BCUT2D eigenvalue weighted by atomic mass is 14.7. The maximum atomic E-state index is 2.72. The molecule has 9 aliphatic carbocycles. The first kappa shape index (κ1) is 108. The molecule has 0 bridgehead atoms. The molecule has 134 heavy (non-hydrogen) atoms. The second-order valence-corrected chi connectivity index (χ2v) is 45.0. The van der Waals surface area contributed by atoms with Crippen LogP contribution in [-0.2, 0) is 0 Å². The third kappa shape index (κ3) is 32.7. The second-order valence-electron chi connectivity index (χ2n) is 45.0. The van der Waals surface area contributed by atoms with Gasteiger partial charge in [-0.1, -0.05) is 497 Å². The van der Waals surface area contributed by atoms with Gasteiger partial charge in [-0.15, -0.1) is 0 Å². The van der Waals surface area contributed by atoms with Gasteiger partial charge in [-0.05, 0) is 332 Å². The highest BCUT2D eigenvalue weighted by Crippen LogP contribution is 2.71. The molecule has 0 amide bonds. The average molecular weight is 1800 g/mol. The van der Waals surface area contributed by atoms with Crippen LogP contribution in [0.2, 0.25) is 0 Å². The van der Waals surface area contributed by atoms with Crippen molar-refractivity contribution in [1.82, 2.24) is 0 Å². The minimum Gasteiger partial charge on any atom is -0.0683 e. The van der Waals surface area contributed by atoms with Crippen LogP contribution in [0.15, 0.2) is 255 Å². The summed E-state index contributed by atoms with van der Waals surface area (Å²) in [5.74, 6) is 13.0. The molecule has 0 nitrogen and oxygen atoms in total. The van der Waals surface area contributed by atoms with Crippen LogP contribution < -0.4 is 0 Å². The molecule has 11 aromatic rings. The fourth-order valence-corrected chi connectivity index (χ4v) is 24.6. The summed E-state index contributed by atoms with van der Waals surface area (Å²) in [5, 5.41) is 2.67. The summed E-state index contributed by atoms with van der Waals surface area (Å²) in [6, 6.07) is 92.1. The SMILES string of the molecule is CC.CC.CC1CCC(C)CC1.CC1CCC(C2CCC(C)CC2)CC1.C[C@@]12CCCC1[C@]1(C)CCC3CCCC[C@]3(C)C1CC2.Cc1ccc(-c2ccc(-c3ccc(C)cc3)cc2)cc1.Cc1ccc(-c2ccc(C)cc2)cc1.Cc1ccc(-c2ccc(C3CCC(C)CC3)cc2)cc1.Cc1ccc(C)cc1.Cc1ccc(C2CCC(C)CC2)cc1.Cc1ccc2cc(C)ccc2c1. The zero-order valence-corrected chi connectivity index (χ0v) is 89.2. The molecule has 0 radical (unpaired) electrons. The lowest BCUT2D eigenvalue weighted by Crippen LogP contribution is -2.57. The molecule has 0 aromatic heterocycles. The van der Waals surface area contributed by atoms with Gasteiger partial charge in [-0.2, -0.15) is 0 Å². The predicted octanol–water partition coefficient (Wildman–Crippen LogP) is 41.3. The van der Waals surface area contributed by atoms with Crippen molar-refractivity contribution in [2.45, 2.75) is 370 Å². The highest BCUT2D eigenvalue weighted by molar-refractivity contribution is 5.83. The van der Waals surface area contributed by atoms with Crippen LogP contribution >= 0.6 is 0 Å². The van der Waals surface area contributed by atoms with Crippen LogP contribution in [0.4, 0.5) is 0 Å². The Labute approximate surface area is 822 Å². The molecular formula is C134H186. The molecule has 6 atom stereocenters. The number of fused-ring (bicyclic) bond motifs is 6. The van der Waals surface area contributed by atoms with Gasteiger partial charge in [0.1, 0.15) is 0 Å². The Morgan fingerprint density at radius 3 is 0.746 bits per heavy atom. The van der Waals surface area contributed by atoms with Gasteiger partial charge in [0.25, 0.3) is 0 Å². The molecule has 0 N–H and O–H groups in total. The first-order valence-electron chi connectivity index (χ1n) is 54.6. The van der Waals surface area contributed by atoms with Crippen LogP contribution in [0.5, 0.6) is 0 Å². The predicted molar refractivity (Wildman–Crippen MR) is 593 cm³/mol. The van der Waals surface area contributed by atoms with Gasteiger partial charge in [-0.25, -0.2) is 0 Å². The molecular weight excluding hydrogens is 1610 g/mol. The Morgan fingerprint density at radius 2 is 0.440 bits per heavy atom. The molecule has 3 unspecified atom stereocenters. The van der Waals surface area contributed by atoms with Crippen molar-refractivity contribution in [3.63, 3.8) is 0 Å². The second kappa shape index (κ2) is 54.1. The molecule has 9 saturated carbocycles. The molecule has 0 heterocycles. The van der Waals surface area contributed by atoms with E-state index < -0.39 is 0 Å². The van der Waals surface area contributed by atoms with E-state index in [0.717, 1.165) is 76.9 Å². The van der Waals surface area contributed by atoms with Crippen molar-refractivity contribution < 1.29 is 0 Å². The van der Waals surface area contributed by atoms with E-state index in [1.54, 1.807) is 76.2 Å². The quantitative estimate of drug-likeness (QED) is 0.149. The fourth-order valence-electron chi connectivity index (χ4n) is 24.6. The smallest absolute Gasteiger partial charge is 0.0162 e. The first-order chi connectivity index (χ1) is 64.5. The molecule has 0 saturated heterocycles. The Morgan fingerprint density at radius 1 is 0.194 bits per heavy atom. The third-order valence-corrected chi connectivity index (χ3v) is 33.9. The molecule has 9 aliphatic rings. The summed E-state index contributed by atoms with van der Waals surface area (Å²) < 4.78 is 0. The Balaban J connectivity index is 0.000000157. The van der Waals surface area contributed by atoms with Crippen molar-refractivity contribution >= 4 is 10.8 Å². The summed E-state index contributed by atoms with van der Waals surface area (Å²) in [6.07, 6.45) is 46.2. The summed E-state index contributed by atoms with van der Waals surface area (Å²) >= 11 is 0. The van der Waals surface area contributed by atoms with Gasteiger partial charge in [0, 0.05) is 0 Å². The van der Waals surface area contributed by atoms with E-state index in [1.165, 1.54) is 245 Å². The van der Waals surface area contributed by atoms with Crippen molar-refractivity contribution in [1.29, 1.82) is 0 Å². The van der Waals surface area contributed by atoms with E-state index in [0.29, 0.717) is 16.2 Å². The molecule has 0 aliphatic heterocycles. The topological polar surface area (TPSA) is 0 Å². The molecule has 722 valence electrons. The average Bonchev–Trinajstić information content (AvgIpc) is 1.30. The van der Waals surface area contributed by atoms with E-state index in [1.807, 2.05) is 27.7 Å². The standard InChI is InChI=1S/C20H34.C20H24.C20H18.C14H26.C14H20.C14H14.C12H12.C8H16.C8H10.2C2H6/c1-18-11-6-8-16(18)20(3)14-9-15-7-4-5-12-19(15,2)17(20)10-13-18;2*1-15-3-7-17(8-4-15)19-11-13-20(14-12-19)18-9-5-16(2)6-10-18;3*1-11-3-7-13(8-4-11)14-9-5-12(2)6-10-14;1-9-3-5-12-8-10(2)4-6-11(12)7-9;2*1-7-3-5-8(2)6-4-7;2*1-2/h15-17H,4-14H2,1-3H3;3-4,7-8,11-14,16,18H,5-6,9-10H2,1-2H3;3-14H,1-2H3;11-14H,3-10H2,1-2H3;3-4,7-8,12,14H,5-6,9-10H2,1-2H3;3-10H,1-2H3;3-8H,1-2H3;7-8H,3-6H2,1-2H3;3-6H,1-2H3;2*1-2H3/t15?,16?,17?,18-,19-,20-;;;;;;;;;;/m0........../s1. The number of aryl methyl sites for hydroxylation is 10. The lowest BCUT2D eigenvalue weighted by Gasteiger charge is -2.65. The lowest BCUT2D eigenvalue weighted by atomic mass is 9.40. The number of hydrogen-bond donors (Lipinski definition) is 0. The van der Waals surface area contributed by atoms with Crippen LogP contribution in [0.1, 0.15) is 368 Å². The summed E-state index contributed by atoms with van der Waals surface area (Å²) in [6.45, 7) is 51.6. The van der Waals surface area contributed by atoms with E-state index >= 15 is 0 Å². The zero-order chi connectivity index (χ0) is 96.3. The fraction of sp³-hybridized carbons (Fsp3) is 0.522. The van der Waals surface area contributed by atoms with Crippen molar-refractivity contribution in [3.05, 3.63) is 322 Å². The van der Waals surface area contributed by atoms with Gasteiger partial charge in [0.2, 0.25) is 0 Å². The molecule has 9 fully saturated rings. The molecule has 0 spiro atoms. The van der Waals surface area contributed by atoms with Crippen LogP contribution in [-0.4, -0.2) is 0 Å². The minimum absolute atomic E-state index is 0.687. The Hall–Kier alpha value is -8.32. The third-order valence-electron chi connectivity index (χ3n) is 33.9. The van der Waals surface area contributed by atoms with E-state index in [4.69, 9.17) is 0 Å². The van der Waals surface area contributed by atoms with Crippen LogP contribution in [0.3, 0.4) is 0 Å². The van der Waals surface area contributed by atoms with Gasteiger partial charge < -0.3 is 0 Å². The van der Waals surface area contributed by atoms with Crippen LogP contribution in [0.25, 0.3) is 55.3 Å². The normalized spacial score (nSPS) is 26.3. The largest absolute Gasteiger partial charge is 0.0683 e. The van der Waals surface area contributed by atoms with Crippen molar-refractivity contribution in [2.75, 3.05) is 0 Å². The minimum atomic E-state index is 0.687. The maximum Gasteiger partial charge on any atom is -0.0162 e. The monoisotopic (exact) mass is 1800 g/mol. The van der Waals surface area contributed by atoms with Gasteiger partial charge >= 0.3 is 0 Å². The molecule has 11 aromatic carbocycles. The van der Waals surface area contributed by atoms with Gasteiger partial charge in [0.15, 0.2) is 0 Å². The van der Waals surface area contributed by atoms with Crippen molar-refractivity contribution in [3.8, 4) is 44.5 Å². The first-order valence-corrected chi connectivity index (χ1v) is 54.6. The van der Waals surface area contributed by atoms with E-state index in [2.05, 4.69) is 386 Å². The van der Waals surface area contributed by atoms with E-state index in [-0.39, 0.29) is 0 Å². The number of benzene rings is 11. The van der Waals surface area contributed by atoms with E-state index in [9.17, 15) is 0 Å². The number of hydrogen-bond acceptors (Lipinski definition) is 0. The summed E-state index contributed by atoms with van der Waals surface area (Å²) in [5.41, 5.74) is 28.7. The Bertz CT molecular complexity index is 4860. The van der Waals surface area contributed by atoms with Gasteiger partial charge in [-0.3, -0.25) is 0 Å². The maximum absolute atomic E-state index is 2.72. The lowest BCUT2D eigenvalue weighted by molar-refractivity contribution is -0.157. The highest BCUT2D eigenvalue weighted by Gasteiger charge is 2.62. The molecule has 0 heteroatoms. The number of rotatable bonds is 7. The molecule has 20 rings (SSSR count). The zero-order valence-electron chi connectivity index (χ0n) is 89.2. The van der Waals surface area contributed by atoms with Crippen LogP contribution in [0, 0.1) is 151 Å². The summed E-state index contributed by atoms with van der Waals surface area (Å²) in [4.78, 5) is 0. The van der Waals surface area contributed by atoms with Gasteiger partial charge in [0.05, 0.1) is 0 Å². The summed E-state index contributed by atoms with van der Waals surface area (Å²) in [7, 11) is 0. The van der Waals surface area contributed by atoms with Crippen molar-refractivity contribution in [2.24, 2.45) is 81.3 Å². The Kier molecular flexibility index (Phi) is 43.5.